The molecule has 13 heavy (non-hydrogen) atoms. The predicted molar refractivity (Wildman–Crippen MR) is 51.7 cm³/mol. The van der Waals surface area contributed by atoms with Crippen molar-refractivity contribution in [1.82, 2.24) is 0 Å². The summed E-state index contributed by atoms with van der Waals surface area (Å²) in [5.74, 6) is 0. The van der Waals surface area contributed by atoms with Crippen molar-refractivity contribution < 1.29 is 26.2 Å². The van der Waals surface area contributed by atoms with Gasteiger partial charge < -0.3 is 0 Å². The second-order valence-corrected chi connectivity index (χ2v) is 4.32. The van der Waals surface area contributed by atoms with Crippen LogP contribution in [0, 0.1) is 11.5 Å². The summed E-state index contributed by atoms with van der Waals surface area (Å²) in [6.45, 7) is 2.41. The summed E-state index contributed by atoms with van der Waals surface area (Å²) < 4.78 is 0. The summed E-state index contributed by atoms with van der Waals surface area (Å²) in [5, 5.41) is 0. The molecule has 2 aliphatic carbocycles. The van der Waals surface area contributed by atoms with E-state index in [9.17, 15) is 0 Å². The van der Waals surface area contributed by atoms with Crippen LogP contribution in [0.4, 0.5) is 0 Å². The van der Waals surface area contributed by atoms with Gasteiger partial charge in [-0.2, -0.15) is 6.08 Å². The normalized spacial score (nSPS) is 25.2. The molecule has 0 unspecified atom stereocenters. The Morgan fingerprint density at radius 1 is 1.23 bits per heavy atom. The molecule has 0 heterocycles. The Labute approximate surface area is 101 Å². The van der Waals surface area contributed by atoms with Gasteiger partial charge in [0.15, 0.2) is 0 Å². The molecule has 0 aromatic carbocycles. The van der Waals surface area contributed by atoms with Gasteiger partial charge in [0, 0.05) is 26.2 Å². The van der Waals surface area contributed by atoms with Crippen LogP contribution in [0.15, 0.2) is 17.7 Å². The van der Waals surface area contributed by atoms with Gasteiger partial charge in [-0.15, -0.1) is 6.42 Å². The minimum Gasteiger partial charge on any atom is -0.269 e. The van der Waals surface area contributed by atoms with E-state index >= 15 is 0 Å². The van der Waals surface area contributed by atoms with Gasteiger partial charge >= 0.3 is 0 Å². The third-order valence-corrected chi connectivity index (χ3v) is 3.30. The van der Waals surface area contributed by atoms with Crippen LogP contribution in [-0.2, 0) is 26.2 Å². The average Bonchev–Trinajstić information content (AvgIpc) is 2.58. The molecule has 70 valence electrons. The Bertz CT molecular complexity index is 219. The molecule has 1 heteroatoms. The van der Waals surface area contributed by atoms with E-state index in [0.29, 0.717) is 5.41 Å². The zero-order chi connectivity index (χ0) is 8.44. The molecule has 0 bridgehead atoms. The van der Waals surface area contributed by atoms with Crippen LogP contribution in [0.3, 0.4) is 0 Å². The standard InChI is InChI=1S/C12H17.Zr/c1-12(9-5-2-6-10-12)11-7-3-4-8-11;/h3,7H,2,4-6,9-10H2,1H3;/q-1;. The Morgan fingerprint density at radius 2 is 1.92 bits per heavy atom. The molecule has 0 aromatic rings. The Balaban J connectivity index is 0.000000845. The Hall–Kier alpha value is 0.363. The fraction of sp³-hybridized carbons (Fsp3) is 0.667. The molecule has 0 spiro atoms. The van der Waals surface area contributed by atoms with Crippen molar-refractivity contribution in [3.63, 3.8) is 0 Å². The monoisotopic (exact) mass is 251 g/mol. The SMILES string of the molecule is CC1(C2=[C-]CC=C2)CCCCC1.[Zr]. The smallest absolute Gasteiger partial charge is 0 e. The van der Waals surface area contributed by atoms with Gasteiger partial charge in [0.1, 0.15) is 0 Å². The van der Waals surface area contributed by atoms with Crippen LogP contribution < -0.4 is 0 Å². The quantitative estimate of drug-likeness (QED) is 0.625. The molecule has 0 amide bonds. The topological polar surface area (TPSA) is 0 Å². The summed E-state index contributed by atoms with van der Waals surface area (Å²) in [4.78, 5) is 0. The molecule has 0 saturated heterocycles. The van der Waals surface area contributed by atoms with E-state index in [0.717, 1.165) is 6.42 Å². The third kappa shape index (κ3) is 2.43. The largest absolute Gasteiger partial charge is 0.269 e. The summed E-state index contributed by atoms with van der Waals surface area (Å²) >= 11 is 0. The average molecular weight is 252 g/mol. The Kier molecular flexibility index (Phi) is 4.17. The van der Waals surface area contributed by atoms with E-state index in [2.05, 4.69) is 25.2 Å². The zero-order valence-electron chi connectivity index (χ0n) is 8.40. The predicted octanol–water partition coefficient (Wildman–Crippen LogP) is 3.64. The maximum absolute atomic E-state index is 3.47. The number of allylic oxidation sites excluding steroid dienone is 4. The van der Waals surface area contributed by atoms with Gasteiger partial charge in [-0.25, -0.2) is 11.6 Å². The van der Waals surface area contributed by atoms with Crippen molar-refractivity contribution in [3.8, 4) is 0 Å². The van der Waals surface area contributed by atoms with E-state index in [1.165, 1.54) is 37.7 Å². The van der Waals surface area contributed by atoms with E-state index in [1.54, 1.807) is 0 Å². The number of rotatable bonds is 1. The van der Waals surface area contributed by atoms with Gasteiger partial charge in [0.2, 0.25) is 0 Å². The molecule has 0 N–H and O–H groups in total. The molecule has 0 aliphatic heterocycles. The van der Waals surface area contributed by atoms with E-state index in [-0.39, 0.29) is 26.2 Å². The van der Waals surface area contributed by atoms with E-state index in [1.807, 2.05) is 0 Å². The van der Waals surface area contributed by atoms with Crippen LogP contribution in [0.5, 0.6) is 0 Å². The van der Waals surface area contributed by atoms with Gasteiger partial charge in [0.05, 0.1) is 0 Å². The van der Waals surface area contributed by atoms with Crippen LogP contribution in [-0.4, -0.2) is 0 Å². The fourth-order valence-electron chi connectivity index (χ4n) is 2.42. The second kappa shape index (κ2) is 4.73. The summed E-state index contributed by atoms with van der Waals surface area (Å²) in [6.07, 6.45) is 16.0. The molecule has 0 atom stereocenters. The van der Waals surface area contributed by atoms with Crippen molar-refractivity contribution in [3.05, 3.63) is 23.8 Å². The van der Waals surface area contributed by atoms with Crippen LogP contribution in [0.1, 0.15) is 45.4 Å². The van der Waals surface area contributed by atoms with Gasteiger partial charge in [-0.1, -0.05) is 26.2 Å². The maximum atomic E-state index is 3.47. The van der Waals surface area contributed by atoms with Gasteiger partial charge in [-0.05, 0) is 18.3 Å². The zero-order valence-corrected chi connectivity index (χ0v) is 10.9. The van der Waals surface area contributed by atoms with E-state index < -0.39 is 0 Å². The van der Waals surface area contributed by atoms with Gasteiger partial charge in [0.25, 0.3) is 0 Å². The molecule has 1 saturated carbocycles. The molecular formula is C12H17Zr-. The first-order valence-corrected chi connectivity index (χ1v) is 5.09. The summed E-state index contributed by atoms with van der Waals surface area (Å²) in [7, 11) is 0. The van der Waals surface area contributed by atoms with E-state index in [4.69, 9.17) is 0 Å². The maximum Gasteiger partial charge on any atom is 0 e. The van der Waals surface area contributed by atoms with Crippen molar-refractivity contribution in [1.29, 1.82) is 0 Å². The Morgan fingerprint density at radius 3 is 2.46 bits per heavy atom. The second-order valence-electron chi connectivity index (χ2n) is 4.32. The summed E-state index contributed by atoms with van der Waals surface area (Å²) in [6, 6.07) is 0. The molecular weight excluding hydrogens is 235 g/mol. The van der Waals surface area contributed by atoms with Crippen LogP contribution in [0.25, 0.3) is 0 Å². The van der Waals surface area contributed by atoms with Crippen molar-refractivity contribution in [2.75, 3.05) is 0 Å². The molecule has 2 aliphatic rings. The number of hydrogen-bond donors (Lipinski definition) is 0. The van der Waals surface area contributed by atoms with Crippen molar-refractivity contribution in [2.45, 2.75) is 45.4 Å². The molecule has 0 radical (unpaired) electrons. The van der Waals surface area contributed by atoms with Crippen molar-refractivity contribution >= 4 is 0 Å². The molecule has 2 rings (SSSR count). The first kappa shape index (κ1) is 11.4. The van der Waals surface area contributed by atoms with Crippen molar-refractivity contribution in [2.24, 2.45) is 5.41 Å². The molecule has 1 fully saturated rings. The summed E-state index contributed by atoms with van der Waals surface area (Å²) in [5.41, 5.74) is 1.97. The first-order valence-electron chi connectivity index (χ1n) is 5.09. The minimum absolute atomic E-state index is 0. The fourth-order valence-corrected chi connectivity index (χ4v) is 2.42. The first-order chi connectivity index (χ1) is 5.81. The number of hydrogen-bond acceptors (Lipinski definition) is 0. The minimum atomic E-state index is 0. The third-order valence-electron chi connectivity index (χ3n) is 3.30. The molecule has 0 aromatic heterocycles. The van der Waals surface area contributed by atoms with Gasteiger partial charge in [-0.3, -0.25) is 6.08 Å². The van der Waals surface area contributed by atoms with Crippen LogP contribution >= 0.6 is 0 Å². The molecule has 0 nitrogen and oxygen atoms in total. The van der Waals surface area contributed by atoms with Crippen LogP contribution in [0.2, 0.25) is 0 Å².